The van der Waals surface area contributed by atoms with E-state index in [1.165, 1.54) is 23.0 Å². The maximum atomic E-state index is 12.2. The van der Waals surface area contributed by atoms with Crippen molar-refractivity contribution in [1.82, 2.24) is 15.0 Å². The number of nitrogens with zero attached hydrogens (tertiary/aromatic N) is 3. The first kappa shape index (κ1) is 17.7. The first-order valence-corrected chi connectivity index (χ1v) is 7.53. The second-order valence-corrected chi connectivity index (χ2v) is 5.49. The molecule has 6 nitrogen and oxygen atoms in total. The molecule has 0 atom stereocenters. The number of aromatic nitrogens is 3. The minimum atomic E-state index is -4.77. The van der Waals surface area contributed by atoms with Crippen LogP contribution in [0.5, 0.6) is 5.75 Å². The number of nitrogens with one attached hydrogen (secondary N) is 1. The molecule has 0 spiro atoms. The van der Waals surface area contributed by atoms with Crippen LogP contribution in [0.4, 0.5) is 18.9 Å². The van der Waals surface area contributed by atoms with Crippen LogP contribution in [0.3, 0.4) is 0 Å². The van der Waals surface area contributed by atoms with E-state index < -0.39 is 12.3 Å². The van der Waals surface area contributed by atoms with Gasteiger partial charge in [-0.05, 0) is 42.5 Å². The zero-order chi connectivity index (χ0) is 18.7. The Morgan fingerprint density at radius 1 is 1.15 bits per heavy atom. The van der Waals surface area contributed by atoms with Gasteiger partial charge in [-0.15, -0.1) is 18.3 Å². The fraction of sp³-hybridized carbons (Fsp3) is 0.0625. The number of carbonyl (C=O) groups is 1. The first-order chi connectivity index (χ1) is 12.3. The molecule has 10 heteroatoms. The molecule has 0 fully saturated rings. The smallest absolute Gasteiger partial charge is 0.406 e. The highest BCUT2D eigenvalue weighted by atomic mass is 35.5. The minimum Gasteiger partial charge on any atom is -0.406 e. The molecule has 0 radical (unpaired) electrons. The van der Waals surface area contributed by atoms with Gasteiger partial charge < -0.3 is 10.1 Å². The summed E-state index contributed by atoms with van der Waals surface area (Å²) in [6, 6.07) is 11.5. The number of benzene rings is 2. The van der Waals surface area contributed by atoms with Crippen LogP contribution in [-0.4, -0.2) is 27.3 Å². The normalized spacial score (nSPS) is 11.2. The Morgan fingerprint density at radius 2 is 1.88 bits per heavy atom. The fourth-order valence-electron chi connectivity index (χ4n) is 2.05. The number of halogens is 4. The van der Waals surface area contributed by atoms with Gasteiger partial charge in [0.2, 0.25) is 0 Å². The molecule has 3 rings (SSSR count). The number of alkyl halides is 3. The van der Waals surface area contributed by atoms with Crippen LogP contribution in [-0.2, 0) is 0 Å². The van der Waals surface area contributed by atoms with Crippen LogP contribution >= 0.6 is 11.6 Å². The number of hydrogen-bond donors (Lipinski definition) is 1. The van der Waals surface area contributed by atoms with E-state index in [-0.39, 0.29) is 17.1 Å². The summed E-state index contributed by atoms with van der Waals surface area (Å²) in [4.78, 5) is 12.2. The molecule has 1 aromatic heterocycles. The van der Waals surface area contributed by atoms with E-state index >= 15 is 0 Å². The zero-order valence-electron chi connectivity index (χ0n) is 12.9. The van der Waals surface area contributed by atoms with Crippen LogP contribution < -0.4 is 10.1 Å². The summed E-state index contributed by atoms with van der Waals surface area (Å²) in [5, 5.41) is 10.6. The molecule has 0 bridgehead atoms. The summed E-state index contributed by atoms with van der Waals surface area (Å²) in [6.45, 7) is 0. The summed E-state index contributed by atoms with van der Waals surface area (Å²) in [6.07, 6.45) is -3.37. The number of ether oxygens (including phenoxy) is 1. The Kier molecular flexibility index (Phi) is 4.81. The van der Waals surface area contributed by atoms with Gasteiger partial charge in [-0.2, -0.15) is 0 Å². The van der Waals surface area contributed by atoms with E-state index in [1.54, 1.807) is 24.3 Å². The number of amides is 1. The van der Waals surface area contributed by atoms with Crippen molar-refractivity contribution in [3.8, 4) is 11.4 Å². The Labute approximate surface area is 150 Å². The van der Waals surface area contributed by atoms with Crippen molar-refractivity contribution in [3.63, 3.8) is 0 Å². The van der Waals surface area contributed by atoms with Gasteiger partial charge in [0.1, 0.15) is 5.75 Å². The average molecular weight is 383 g/mol. The molecule has 1 N–H and O–H groups in total. The third kappa shape index (κ3) is 4.51. The third-order valence-electron chi connectivity index (χ3n) is 3.14. The lowest BCUT2D eigenvalue weighted by atomic mass is 10.3. The summed E-state index contributed by atoms with van der Waals surface area (Å²) in [7, 11) is 0. The summed E-state index contributed by atoms with van der Waals surface area (Å²) < 4.78 is 41.5. The average Bonchev–Trinajstić information content (AvgIpc) is 3.05. The number of rotatable bonds is 4. The van der Waals surface area contributed by atoms with Crippen molar-refractivity contribution in [2.75, 3.05) is 5.32 Å². The second-order valence-electron chi connectivity index (χ2n) is 5.05. The lowest BCUT2D eigenvalue weighted by Crippen LogP contribution is -2.17. The molecule has 3 aromatic rings. The summed E-state index contributed by atoms with van der Waals surface area (Å²) >= 11 is 5.90. The van der Waals surface area contributed by atoms with Gasteiger partial charge >= 0.3 is 6.36 Å². The maximum absolute atomic E-state index is 12.2. The van der Waals surface area contributed by atoms with Crippen molar-refractivity contribution in [2.45, 2.75) is 6.36 Å². The van der Waals surface area contributed by atoms with Gasteiger partial charge in [0.15, 0.2) is 5.69 Å². The predicted molar refractivity (Wildman–Crippen MR) is 87.4 cm³/mol. The Morgan fingerprint density at radius 3 is 2.54 bits per heavy atom. The van der Waals surface area contributed by atoms with Gasteiger partial charge in [-0.1, -0.05) is 22.9 Å². The van der Waals surface area contributed by atoms with Crippen LogP contribution in [0.25, 0.3) is 5.69 Å². The number of carbonyl (C=O) groups excluding carboxylic acids is 1. The van der Waals surface area contributed by atoms with Gasteiger partial charge in [-0.25, -0.2) is 4.68 Å². The van der Waals surface area contributed by atoms with Gasteiger partial charge in [0.05, 0.1) is 11.9 Å². The number of anilines is 1. The first-order valence-electron chi connectivity index (χ1n) is 7.16. The van der Waals surface area contributed by atoms with E-state index in [0.29, 0.717) is 10.7 Å². The molecule has 0 unspecified atom stereocenters. The van der Waals surface area contributed by atoms with E-state index in [0.717, 1.165) is 12.1 Å². The monoisotopic (exact) mass is 382 g/mol. The third-order valence-corrected chi connectivity index (χ3v) is 3.38. The Balaban J connectivity index is 1.69. The highest BCUT2D eigenvalue weighted by Crippen LogP contribution is 2.24. The molecule has 0 saturated carbocycles. The van der Waals surface area contributed by atoms with Crippen LogP contribution in [0.2, 0.25) is 5.02 Å². The van der Waals surface area contributed by atoms with Crippen molar-refractivity contribution in [3.05, 3.63) is 65.4 Å². The topological polar surface area (TPSA) is 69.0 Å². The SMILES string of the molecule is O=C(Nc1ccc(OC(F)(F)F)cc1)c1cn(-c2cccc(Cl)c2)nn1. The number of hydrogen-bond acceptors (Lipinski definition) is 4. The zero-order valence-corrected chi connectivity index (χ0v) is 13.6. The molecule has 26 heavy (non-hydrogen) atoms. The van der Waals surface area contributed by atoms with Crippen molar-refractivity contribution in [2.24, 2.45) is 0 Å². The Hall–Kier alpha value is -3.07. The molecule has 0 saturated heterocycles. The van der Waals surface area contributed by atoms with Gasteiger partial charge in [0, 0.05) is 10.7 Å². The van der Waals surface area contributed by atoms with Crippen LogP contribution in [0.15, 0.2) is 54.7 Å². The largest absolute Gasteiger partial charge is 0.573 e. The van der Waals surface area contributed by atoms with E-state index in [1.807, 2.05) is 0 Å². The van der Waals surface area contributed by atoms with E-state index in [2.05, 4.69) is 20.4 Å². The van der Waals surface area contributed by atoms with Crippen LogP contribution in [0.1, 0.15) is 10.5 Å². The molecule has 2 aromatic carbocycles. The standard InChI is InChI=1S/C16H10ClF3N4O2/c17-10-2-1-3-12(8-10)24-9-14(22-23-24)15(25)21-11-4-6-13(7-5-11)26-16(18,19)20/h1-9H,(H,21,25). The molecular formula is C16H10ClF3N4O2. The maximum Gasteiger partial charge on any atom is 0.573 e. The molecule has 1 heterocycles. The quantitative estimate of drug-likeness (QED) is 0.738. The van der Waals surface area contributed by atoms with Crippen LogP contribution in [0, 0.1) is 0 Å². The lowest BCUT2D eigenvalue weighted by molar-refractivity contribution is -0.274. The lowest BCUT2D eigenvalue weighted by Gasteiger charge is -2.09. The van der Waals surface area contributed by atoms with Gasteiger partial charge in [-0.3, -0.25) is 4.79 Å². The summed E-state index contributed by atoms with van der Waals surface area (Å²) in [5.41, 5.74) is 0.931. The molecular weight excluding hydrogens is 373 g/mol. The van der Waals surface area contributed by atoms with E-state index in [9.17, 15) is 18.0 Å². The second kappa shape index (κ2) is 7.04. The van der Waals surface area contributed by atoms with E-state index in [4.69, 9.17) is 11.6 Å². The predicted octanol–water partition coefficient (Wildman–Crippen LogP) is 4.07. The molecule has 0 aliphatic rings. The molecule has 1 amide bonds. The minimum absolute atomic E-state index is 0.0283. The summed E-state index contributed by atoms with van der Waals surface area (Å²) in [5.74, 6) is -0.954. The molecule has 0 aliphatic carbocycles. The van der Waals surface area contributed by atoms with Crippen molar-refractivity contribution >= 4 is 23.2 Å². The molecule has 134 valence electrons. The van der Waals surface area contributed by atoms with Gasteiger partial charge in [0.25, 0.3) is 5.91 Å². The fourth-order valence-corrected chi connectivity index (χ4v) is 2.23. The molecule has 0 aliphatic heterocycles. The highest BCUT2D eigenvalue weighted by molar-refractivity contribution is 6.30. The van der Waals surface area contributed by atoms with Crippen molar-refractivity contribution < 1.29 is 22.7 Å². The van der Waals surface area contributed by atoms with Crippen molar-refractivity contribution in [1.29, 1.82) is 0 Å². The Bertz CT molecular complexity index is 926. The highest BCUT2D eigenvalue weighted by Gasteiger charge is 2.31.